The molecule has 14 nitrogen and oxygen atoms in total. The second-order valence-electron chi connectivity index (χ2n) is 16.5. The third-order valence-corrected chi connectivity index (χ3v) is 14.6. The Morgan fingerprint density at radius 2 is 1.73 bits per heavy atom. The zero-order valence-electron chi connectivity index (χ0n) is 31.5. The molecular formula is C41H51N5O9S. The third-order valence-electron chi connectivity index (χ3n) is 12.7. The molecule has 300 valence electrons. The summed E-state index contributed by atoms with van der Waals surface area (Å²) in [5.41, 5.74) is -1.77. The number of hydrogen-bond acceptors (Lipinski definition) is 9. The number of alkyl carbamates (subject to hydrolysis) is 1. The number of fused-ring (bicyclic) bond motifs is 5. The van der Waals surface area contributed by atoms with Gasteiger partial charge in [-0.05, 0) is 87.5 Å². The lowest BCUT2D eigenvalue weighted by atomic mass is 9.96. The number of allylic oxidation sites excluding steroid dienone is 2. The Labute approximate surface area is 326 Å². The monoisotopic (exact) mass is 789 g/mol. The number of sulfonamides is 1. The number of amides is 4. The molecule has 1 aromatic carbocycles. The Kier molecular flexibility index (Phi) is 10.5. The molecule has 1 aromatic heterocycles. The molecule has 0 radical (unpaired) electrons. The quantitative estimate of drug-likeness (QED) is 0.352. The molecule has 1 saturated heterocycles. The largest absolute Gasteiger partial charge is 0.473 e. The SMILES string of the molecule is C=C[C@@H]1C[C@]1(NC(=O)[C@@H]1C[C@@H]2CN1C(=O)[C@H](C1CCCC1)NC(=O)O[C@@H]1CCC[C@H]1C/C=C/CCn1c(cc3ccccc3c1=O)O2)C(=O)NS(=O)(=O)C1CC1. The molecule has 4 aliphatic carbocycles. The second-order valence-corrected chi connectivity index (χ2v) is 18.4. The first kappa shape index (κ1) is 38.2. The van der Waals surface area contributed by atoms with Crippen LogP contribution in [0, 0.1) is 17.8 Å². The number of benzene rings is 1. The van der Waals surface area contributed by atoms with E-state index in [1.807, 2.05) is 24.3 Å². The van der Waals surface area contributed by atoms with Crippen molar-refractivity contribution in [2.24, 2.45) is 17.8 Å². The van der Waals surface area contributed by atoms with E-state index in [1.54, 1.807) is 16.7 Å². The number of pyridine rings is 1. The number of ether oxygens (including phenoxy) is 2. The van der Waals surface area contributed by atoms with Gasteiger partial charge in [-0.3, -0.25) is 28.5 Å². The topological polar surface area (TPSA) is 182 Å². The van der Waals surface area contributed by atoms with Crippen molar-refractivity contribution in [1.82, 2.24) is 24.8 Å². The fraction of sp³-hybridized carbons (Fsp3) is 0.585. The molecule has 3 heterocycles. The van der Waals surface area contributed by atoms with E-state index >= 15 is 0 Å². The van der Waals surface area contributed by atoms with Crippen molar-refractivity contribution >= 4 is 44.6 Å². The average Bonchev–Trinajstić information content (AvgIpc) is 3.96. The summed E-state index contributed by atoms with van der Waals surface area (Å²) in [6.45, 7) is 4.09. The summed E-state index contributed by atoms with van der Waals surface area (Å²) in [7, 11) is -3.91. The van der Waals surface area contributed by atoms with Crippen molar-refractivity contribution in [2.45, 2.75) is 125 Å². The molecule has 2 bridgehead atoms. The second kappa shape index (κ2) is 15.4. The van der Waals surface area contributed by atoms with Gasteiger partial charge in [0.05, 0.1) is 11.8 Å². The van der Waals surface area contributed by atoms with Crippen LogP contribution in [0.15, 0.2) is 59.9 Å². The molecule has 8 rings (SSSR count). The molecule has 7 atom stereocenters. The molecule has 2 aromatic rings. The number of aromatic nitrogens is 1. The van der Waals surface area contributed by atoms with Gasteiger partial charge >= 0.3 is 6.09 Å². The van der Waals surface area contributed by atoms with Crippen LogP contribution in [0.1, 0.15) is 83.5 Å². The molecule has 6 aliphatic rings. The van der Waals surface area contributed by atoms with Gasteiger partial charge in [-0.25, -0.2) is 13.2 Å². The maximum atomic E-state index is 14.8. The van der Waals surface area contributed by atoms with Gasteiger partial charge in [0.25, 0.3) is 11.5 Å². The summed E-state index contributed by atoms with van der Waals surface area (Å²) in [6.07, 6.45) is 12.0. The molecule has 0 unspecified atom stereocenters. The van der Waals surface area contributed by atoms with Gasteiger partial charge in [0.1, 0.15) is 29.8 Å². The standard InChI is InChI=1S/C41H51N5O9S/c1-2-28-23-41(28,39(50)44-56(52,53)30-18-19-30)43-36(47)32-22-29-24-46(32)38(49)35(26-12-5-6-13-26)42-40(51)55-33-17-10-15-25(33)11-4-3-9-20-45-34(54-29)21-27-14-7-8-16-31(27)37(45)48/h2-4,7-8,14,16,21,25-26,28-30,32-33,35H,1,5-6,9-13,15,17-20,22-24H2,(H,42,51)(H,43,47)(H,44,50)/b4-3+/t25-,28-,29-,32+,33-,35+,41-/m1/s1. The first-order valence-corrected chi connectivity index (χ1v) is 21.7. The highest BCUT2D eigenvalue weighted by Gasteiger charge is 2.62. The zero-order chi connectivity index (χ0) is 39.2. The van der Waals surface area contributed by atoms with Gasteiger partial charge in [0.15, 0.2) is 5.88 Å². The highest BCUT2D eigenvalue weighted by molar-refractivity contribution is 7.91. The predicted molar refractivity (Wildman–Crippen MR) is 207 cm³/mol. The fourth-order valence-electron chi connectivity index (χ4n) is 9.32. The number of nitrogens with zero attached hydrogens (tertiary/aromatic N) is 2. The minimum atomic E-state index is -3.91. The lowest BCUT2D eigenvalue weighted by Gasteiger charge is -2.32. The number of nitrogens with one attached hydrogen (secondary N) is 3. The van der Waals surface area contributed by atoms with Crippen LogP contribution < -0.4 is 25.7 Å². The smallest absolute Gasteiger partial charge is 0.408 e. The summed E-state index contributed by atoms with van der Waals surface area (Å²) in [6, 6.07) is 6.95. The van der Waals surface area contributed by atoms with E-state index < -0.39 is 68.7 Å². The number of carbonyl (C=O) groups is 4. The van der Waals surface area contributed by atoms with E-state index in [2.05, 4.69) is 28.0 Å². The molecule has 2 aliphatic heterocycles. The van der Waals surface area contributed by atoms with Gasteiger partial charge in [0.2, 0.25) is 21.8 Å². The van der Waals surface area contributed by atoms with Crippen molar-refractivity contribution in [2.75, 3.05) is 6.54 Å². The van der Waals surface area contributed by atoms with Crippen molar-refractivity contribution in [1.29, 1.82) is 0 Å². The van der Waals surface area contributed by atoms with Crippen LogP contribution in [0.25, 0.3) is 10.8 Å². The van der Waals surface area contributed by atoms with Crippen LogP contribution in [0.5, 0.6) is 5.88 Å². The summed E-state index contributed by atoms with van der Waals surface area (Å²) in [4.78, 5) is 71.8. The highest BCUT2D eigenvalue weighted by Crippen LogP contribution is 2.46. The Balaban J connectivity index is 1.14. The molecule has 5 fully saturated rings. The molecule has 3 N–H and O–H groups in total. The van der Waals surface area contributed by atoms with Crippen LogP contribution in [-0.2, 0) is 35.7 Å². The average molecular weight is 790 g/mol. The maximum Gasteiger partial charge on any atom is 0.408 e. The van der Waals surface area contributed by atoms with E-state index in [-0.39, 0.29) is 42.9 Å². The van der Waals surface area contributed by atoms with Gasteiger partial charge in [-0.1, -0.05) is 49.3 Å². The van der Waals surface area contributed by atoms with Crippen LogP contribution in [-0.4, -0.2) is 83.3 Å². The third kappa shape index (κ3) is 7.58. The highest BCUT2D eigenvalue weighted by atomic mass is 32.2. The number of carbonyl (C=O) groups excluding carboxylic acids is 4. The van der Waals surface area contributed by atoms with E-state index in [1.165, 1.54) is 11.0 Å². The Hall–Kier alpha value is -4.66. The number of hydrogen-bond donors (Lipinski definition) is 3. The van der Waals surface area contributed by atoms with Crippen molar-refractivity contribution in [3.8, 4) is 5.88 Å². The number of rotatable bonds is 7. The minimum Gasteiger partial charge on any atom is -0.473 e. The summed E-state index contributed by atoms with van der Waals surface area (Å²) < 4.78 is 41.9. The van der Waals surface area contributed by atoms with E-state index in [0.29, 0.717) is 61.7 Å². The first-order chi connectivity index (χ1) is 27.0. The van der Waals surface area contributed by atoms with Crippen LogP contribution in [0.4, 0.5) is 4.79 Å². The summed E-state index contributed by atoms with van der Waals surface area (Å²) in [5, 5.41) is 6.34. The Morgan fingerprint density at radius 1 is 0.964 bits per heavy atom. The van der Waals surface area contributed by atoms with Gasteiger partial charge in [-0.2, -0.15) is 0 Å². The Bertz CT molecular complexity index is 2110. The molecule has 15 heteroatoms. The van der Waals surface area contributed by atoms with E-state index in [4.69, 9.17) is 9.47 Å². The van der Waals surface area contributed by atoms with Crippen molar-refractivity contribution in [3.63, 3.8) is 0 Å². The van der Waals surface area contributed by atoms with Crippen molar-refractivity contribution < 1.29 is 37.1 Å². The molecule has 56 heavy (non-hydrogen) atoms. The zero-order valence-corrected chi connectivity index (χ0v) is 32.3. The first-order valence-electron chi connectivity index (χ1n) is 20.2. The van der Waals surface area contributed by atoms with Crippen LogP contribution in [0.2, 0.25) is 0 Å². The molecule has 4 saturated carbocycles. The lowest BCUT2D eigenvalue weighted by Crippen LogP contribution is -2.59. The lowest BCUT2D eigenvalue weighted by molar-refractivity contribution is -0.142. The van der Waals surface area contributed by atoms with Crippen molar-refractivity contribution in [3.05, 3.63) is 65.5 Å². The summed E-state index contributed by atoms with van der Waals surface area (Å²) in [5.74, 6) is -2.23. The molecule has 0 spiro atoms. The van der Waals surface area contributed by atoms with Gasteiger partial charge in [-0.15, -0.1) is 6.58 Å². The fourth-order valence-corrected chi connectivity index (χ4v) is 10.7. The summed E-state index contributed by atoms with van der Waals surface area (Å²) >= 11 is 0. The maximum absolute atomic E-state index is 14.8. The van der Waals surface area contributed by atoms with Crippen LogP contribution >= 0.6 is 0 Å². The molecular weight excluding hydrogens is 739 g/mol. The minimum absolute atomic E-state index is 0.0148. The van der Waals surface area contributed by atoms with Gasteiger partial charge in [0, 0.05) is 30.3 Å². The van der Waals surface area contributed by atoms with E-state index in [9.17, 15) is 32.4 Å². The molecule has 4 amide bonds. The van der Waals surface area contributed by atoms with Crippen LogP contribution in [0.3, 0.4) is 0 Å². The van der Waals surface area contributed by atoms with E-state index in [0.717, 1.165) is 32.1 Å². The van der Waals surface area contributed by atoms with Gasteiger partial charge < -0.3 is 25.0 Å². The predicted octanol–water partition coefficient (Wildman–Crippen LogP) is 3.82. The Morgan fingerprint density at radius 3 is 2.48 bits per heavy atom. The normalized spacial score (nSPS) is 31.8.